The van der Waals surface area contributed by atoms with E-state index in [0.717, 1.165) is 20.5 Å². The zero-order valence-corrected chi connectivity index (χ0v) is 17.1. The summed E-state index contributed by atoms with van der Waals surface area (Å²) in [5.74, 6) is 1.11. The molecule has 3 rings (SSSR count). The Labute approximate surface area is 165 Å². The Morgan fingerprint density at radius 3 is 2.41 bits per heavy atom. The van der Waals surface area contributed by atoms with E-state index in [0.29, 0.717) is 29.4 Å². The van der Waals surface area contributed by atoms with Gasteiger partial charge in [0, 0.05) is 10.4 Å². The van der Waals surface area contributed by atoms with Crippen LogP contribution in [-0.4, -0.2) is 32.2 Å². The molecule has 0 atom stereocenters. The third-order valence-corrected chi connectivity index (χ3v) is 6.16. The number of aryl methyl sites for hydroxylation is 1. The average Bonchev–Trinajstić information content (AvgIpc) is 3.34. The molecule has 6 nitrogen and oxygen atoms in total. The summed E-state index contributed by atoms with van der Waals surface area (Å²) >= 11 is 3.24. The molecule has 0 saturated heterocycles. The van der Waals surface area contributed by atoms with Crippen LogP contribution in [0.1, 0.15) is 20.9 Å². The lowest BCUT2D eigenvalue weighted by Crippen LogP contribution is -2.22. The lowest BCUT2D eigenvalue weighted by molar-refractivity contribution is 0.0950. The zero-order chi connectivity index (χ0) is 19.4. The summed E-state index contributed by atoms with van der Waals surface area (Å²) in [5.41, 5.74) is 1.36. The second-order valence-corrected chi connectivity index (χ2v) is 7.63. The maximum absolute atomic E-state index is 12.6. The van der Waals surface area contributed by atoms with Gasteiger partial charge < -0.3 is 19.5 Å². The second kappa shape index (κ2) is 8.41. The van der Waals surface area contributed by atoms with Crippen molar-refractivity contribution in [1.82, 2.24) is 10.3 Å². The van der Waals surface area contributed by atoms with E-state index in [1.54, 1.807) is 34.8 Å². The molecule has 1 aromatic carbocycles. The molecule has 2 heterocycles. The summed E-state index contributed by atoms with van der Waals surface area (Å²) in [6.45, 7) is 2.36. The van der Waals surface area contributed by atoms with Crippen LogP contribution in [0.5, 0.6) is 17.2 Å². The Bertz CT molecular complexity index is 910. The topological polar surface area (TPSA) is 69.7 Å². The van der Waals surface area contributed by atoms with Gasteiger partial charge >= 0.3 is 0 Å². The lowest BCUT2D eigenvalue weighted by Gasteiger charge is -2.14. The van der Waals surface area contributed by atoms with Crippen molar-refractivity contribution in [3.63, 3.8) is 0 Å². The number of thiophene rings is 1. The standard InChI is InChI=1S/C19H20N2O4S2/c1-11-16(27-19(21-11)15-6-5-7-26-15)10-20-18(22)12-8-13(23-2)17(25-4)14(9-12)24-3/h5-9H,10H2,1-4H3,(H,20,22). The summed E-state index contributed by atoms with van der Waals surface area (Å²) in [5, 5.41) is 5.94. The van der Waals surface area contributed by atoms with Crippen LogP contribution in [0.25, 0.3) is 9.88 Å². The summed E-state index contributed by atoms with van der Waals surface area (Å²) < 4.78 is 15.9. The molecule has 142 valence electrons. The van der Waals surface area contributed by atoms with E-state index in [2.05, 4.69) is 10.3 Å². The maximum atomic E-state index is 12.6. The summed E-state index contributed by atoms with van der Waals surface area (Å²) in [7, 11) is 4.56. The molecule has 0 aliphatic heterocycles. The number of methoxy groups -OCH3 is 3. The quantitative estimate of drug-likeness (QED) is 0.641. The molecule has 1 amide bonds. The van der Waals surface area contributed by atoms with E-state index in [1.807, 2.05) is 24.4 Å². The third kappa shape index (κ3) is 4.06. The van der Waals surface area contributed by atoms with Crippen molar-refractivity contribution in [3.05, 3.63) is 45.8 Å². The van der Waals surface area contributed by atoms with Crippen molar-refractivity contribution >= 4 is 28.6 Å². The lowest BCUT2D eigenvalue weighted by atomic mass is 10.1. The van der Waals surface area contributed by atoms with Gasteiger partial charge in [0.1, 0.15) is 5.01 Å². The van der Waals surface area contributed by atoms with E-state index >= 15 is 0 Å². The average molecular weight is 405 g/mol. The molecule has 2 aromatic heterocycles. The molecule has 1 N–H and O–H groups in total. The first kappa shape index (κ1) is 19.2. The fraction of sp³-hybridized carbons (Fsp3) is 0.263. The van der Waals surface area contributed by atoms with Crippen LogP contribution in [0.15, 0.2) is 29.6 Å². The molecule has 0 saturated carbocycles. The highest BCUT2D eigenvalue weighted by Crippen LogP contribution is 2.38. The highest BCUT2D eigenvalue weighted by Gasteiger charge is 2.18. The molecule has 0 radical (unpaired) electrons. The third-order valence-electron chi connectivity index (χ3n) is 3.96. The van der Waals surface area contributed by atoms with E-state index in [9.17, 15) is 4.79 Å². The Morgan fingerprint density at radius 1 is 1.15 bits per heavy atom. The van der Waals surface area contributed by atoms with Gasteiger partial charge in [-0.2, -0.15) is 0 Å². The molecule has 0 aliphatic rings. The number of nitrogens with one attached hydrogen (secondary N) is 1. The number of ether oxygens (including phenoxy) is 3. The Balaban J connectivity index is 1.76. The number of nitrogens with zero attached hydrogens (tertiary/aromatic N) is 1. The number of hydrogen-bond acceptors (Lipinski definition) is 7. The summed E-state index contributed by atoms with van der Waals surface area (Å²) in [6.07, 6.45) is 0. The number of benzene rings is 1. The molecular formula is C19H20N2O4S2. The largest absolute Gasteiger partial charge is 0.493 e. The van der Waals surface area contributed by atoms with Crippen LogP contribution < -0.4 is 19.5 Å². The maximum Gasteiger partial charge on any atom is 0.251 e. The van der Waals surface area contributed by atoms with E-state index in [1.165, 1.54) is 21.3 Å². The molecule has 0 fully saturated rings. The first-order valence-corrected chi connectivity index (χ1v) is 9.85. The first-order valence-electron chi connectivity index (χ1n) is 8.15. The number of carbonyl (C=O) groups excluding carboxylic acids is 1. The van der Waals surface area contributed by atoms with Gasteiger partial charge in [-0.15, -0.1) is 22.7 Å². The van der Waals surface area contributed by atoms with Crippen molar-refractivity contribution in [1.29, 1.82) is 0 Å². The van der Waals surface area contributed by atoms with Crippen LogP contribution in [0.2, 0.25) is 0 Å². The minimum absolute atomic E-state index is 0.222. The number of rotatable bonds is 7. The van der Waals surface area contributed by atoms with Crippen molar-refractivity contribution < 1.29 is 19.0 Å². The van der Waals surface area contributed by atoms with Crippen LogP contribution in [0.3, 0.4) is 0 Å². The van der Waals surface area contributed by atoms with Gasteiger partial charge in [0.05, 0.1) is 38.4 Å². The molecule has 0 unspecified atom stereocenters. The van der Waals surface area contributed by atoms with E-state index in [4.69, 9.17) is 14.2 Å². The number of amides is 1. The minimum Gasteiger partial charge on any atom is -0.493 e. The molecular weight excluding hydrogens is 384 g/mol. The highest BCUT2D eigenvalue weighted by atomic mass is 32.1. The number of aromatic nitrogens is 1. The normalized spacial score (nSPS) is 10.5. The van der Waals surface area contributed by atoms with Gasteiger partial charge in [-0.25, -0.2) is 4.98 Å². The molecule has 0 spiro atoms. The smallest absolute Gasteiger partial charge is 0.251 e. The van der Waals surface area contributed by atoms with Crippen LogP contribution in [0.4, 0.5) is 0 Å². The number of hydrogen-bond donors (Lipinski definition) is 1. The van der Waals surface area contributed by atoms with E-state index in [-0.39, 0.29) is 5.91 Å². The predicted molar refractivity (Wildman–Crippen MR) is 107 cm³/mol. The molecule has 0 bridgehead atoms. The molecule has 8 heteroatoms. The summed E-state index contributed by atoms with van der Waals surface area (Å²) in [4.78, 5) is 19.4. The van der Waals surface area contributed by atoms with Gasteiger partial charge in [0.15, 0.2) is 11.5 Å². The van der Waals surface area contributed by atoms with E-state index < -0.39 is 0 Å². The molecule has 0 aliphatic carbocycles. The second-order valence-electron chi connectivity index (χ2n) is 5.60. The van der Waals surface area contributed by atoms with Crippen LogP contribution in [-0.2, 0) is 6.54 Å². The van der Waals surface area contributed by atoms with Crippen molar-refractivity contribution in [3.8, 4) is 27.1 Å². The van der Waals surface area contributed by atoms with Crippen molar-refractivity contribution in [2.45, 2.75) is 13.5 Å². The SMILES string of the molecule is COc1cc(C(=O)NCc2sc(-c3cccs3)nc2C)cc(OC)c1OC. The summed E-state index contributed by atoms with van der Waals surface area (Å²) in [6, 6.07) is 7.31. The zero-order valence-electron chi connectivity index (χ0n) is 15.5. The van der Waals surface area contributed by atoms with Crippen molar-refractivity contribution in [2.75, 3.05) is 21.3 Å². The van der Waals surface area contributed by atoms with Gasteiger partial charge in [-0.1, -0.05) is 6.07 Å². The fourth-order valence-corrected chi connectivity index (χ4v) is 4.37. The predicted octanol–water partition coefficient (Wildman–Crippen LogP) is 4.14. The van der Waals surface area contributed by atoms with Gasteiger partial charge in [-0.05, 0) is 30.5 Å². The molecule has 27 heavy (non-hydrogen) atoms. The van der Waals surface area contributed by atoms with Gasteiger partial charge in [0.2, 0.25) is 5.75 Å². The number of thiazole rings is 1. The monoisotopic (exact) mass is 404 g/mol. The van der Waals surface area contributed by atoms with Crippen LogP contribution >= 0.6 is 22.7 Å². The first-order chi connectivity index (χ1) is 13.1. The highest BCUT2D eigenvalue weighted by molar-refractivity contribution is 7.21. The van der Waals surface area contributed by atoms with Crippen LogP contribution in [0, 0.1) is 6.92 Å². The Kier molecular flexibility index (Phi) is 5.98. The van der Waals surface area contributed by atoms with Gasteiger partial charge in [-0.3, -0.25) is 4.79 Å². The molecule has 3 aromatic rings. The van der Waals surface area contributed by atoms with Crippen molar-refractivity contribution in [2.24, 2.45) is 0 Å². The van der Waals surface area contributed by atoms with Gasteiger partial charge in [0.25, 0.3) is 5.91 Å². The fourth-order valence-electron chi connectivity index (χ4n) is 2.57. The Morgan fingerprint density at radius 2 is 1.85 bits per heavy atom. The Hall–Kier alpha value is -2.58. The minimum atomic E-state index is -0.222. The number of carbonyl (C=O) groups is 1.